The van der Waals surface area contributed by atoms with Crippen LogP contribution in [-0.2, 0) is 4.79 Å². The molecule has 0 aliphatic heterocycles. The molecule has 0 aromatic heterocycles. The number of halogens is 2. The molecular formula is C18H18FIO. The number of hydrogen-bond donors (Lipinski definition) is 0. The van der Waals surface area contributed by atoms with Gasteiger partial charge in [-0.05, 0) is 89.8 Å². The third-order valence-electron chi connectivity index (χ3n) is 3.72. The van der Waals surface area contributed by atoms with Crippen LogP contribution in [0, 0.1) is 17.4 Å². The second-order valence-electron chi connectivity index (χ2n) is 5.38. The topological polar surface area (TPSA) is 17.1 Å². The minimum atomic E-state index is -0.528. The summed E-state index contributed by atoms with van der Waals surface area (Å²) in [6.07, 6.45) is 5.00. The van der Waals surface area contributed by atoms with Crippen LogP contribution in [0.25, 0.3) is 5.57 Å². The molecule has 110 valence electrons. The van der Waals surface area contributed by atoms with E-state index in [4.69, 9.17) is 0 Å². The van der Waals surface area contributed by atoms with Crippen molar-refractivity contribution in [2.45, 2.75) is 33.1 Å². The summed E-state index contributed by atoms with van der Waals surface area (Å²) >= 11 is 2.30. The maximum Gasteiger partial charge on any atom is 0.165 e. The van der Waals surface area contributed by atoms with Gasteiger partial charge in [0.1, 0.15) is 5.83 Å². The maximum atomic E-state index is 13.9. The van der Waals surface area contributed by atoms with Gasteiger partial charge < -0.3 is 0 Å². The van der Waals surface area contributed by atoms with E-state index in [-0.39, 0.29) is 11.4 Å². The van der Waals surface area contributed by atoms with Crippen LogP contribution in [0.5, 0.6) is 0 Å². The fourth-order valence-electron chi connectivity index (χ4n) is 2.71. The quantitative estimate of drug-likeness (QED) is 0.456. The average molecular weight is 396 g/mol. The van der Waals surface area contributed by atoms with Crippen LogP contribution < -0.4 is 0 Å². The number of Topliss-reactive ketones (excluding diaryl/α,β-unsaturated/α-hetero) is 1. The van der Waals surface area contributed by atoms with Crippen molar-refractivity contribution < 1.29 is 9.18 Å². The fraction of sp³-hybridized carbons (Fsp3) is 0.278. The second-order valence-corrected chi connectivity index (χ2v) is 6.62. The molecule has 0 unspecified atom stereocenters. The van der Waals surface area contributed by atoms with E-state index in [0.717, 1.165) is 18.4 Å². The number of ketones is 1. The van der Waals surface area contributed by atoms with Gasteiger partial charge >= 0.3 is 0 Å². The summed E-state index contributed by atoms with van der Waals surface area (Å²) in [6, 6.07) is 4.25. The molecule has 0 fully saturated rings. The Balaban J connectivity index is 2.48. The molecule has 0 amide bonds. The SMILES string of the molecule is C=C1C(=O)CCC/C(c2c(C)cc(I)cc2C)=C\C=C/1F. The Bertz CT molecular complexity index is 645. The fourth-order valence-corrected chi connectivity index (χ4v) is 3.64. The van der Waals surface area contributed by atoms with Crippen LogP contribution in [0.15, 0.2) is 42.3 Å². The van der Waals surface area contributed by atoms with Crippen molar-refractivity contribution in [3.05, 3.63) is 62.5 Å². The van der Waals surface area contributed by atoms with Gasteiger partial charge in [0, 0.05) is 15.6 Å². The van der Waals surface area contributed by atoms with Gasteiger partial charge in [-0.25, -0.2) is 4.39 Å². The van der Waals surface area contributed by atoms with E-state index in [2.05, 4.69) is 55.2 Å². The molecule has 1 aromatic rings. The third kappa shape index (κ3) is 3.70. The molecule has 0 radical (unpaired) electrons. The summed E-state index contributed by atoms with van der Waals surface area (Å²) < 4.78 is 15.1. The maximum absolute atomic E-state index is 13.9. The standard InChI is InChI=1S/C18H18FIO/c1-11-9-15(20)10-12(2)18(11)14-5-4-6-17(21)13(3)16(19)8-7-14/h7-10H,3-6H2,1-2H3/b14-7+,16-8+. The molecule has 0 atom stereocenters. The Morgan fingerprint density at radius 3 is 2.38 bits per heavy atom. The van der Waals surface area contributed by atoms with Crippen LogP contribution in [0.3, 0.4) is 0 Å². The number of aryl methyl sites for hydroxylation is 2. The molecule has 1 aliphatic carbocycles. The Hall–Kier alpha value is -1.23. The second kappa shape index (κ2) is 6.69. The van der Waals surface area contributed by atoms with Crippen LogP contribution in [0.2, 0.25) is 0 Å². The van der Waals surface area contributed by atoms with Gasteiger partial charge in [-0.1, -0.05) is 12.7 Å². The Labute approximate surface area is 138 Å². The first-order valence-corrected chi connectivity index (χ1v) is 8.04. The van der Waals surface area contributed by atoms with Crippen molar-refractivity contribution in [2.75, 3.05) is 0 Å². The molecule has 21 heavy (non-hydrogen) atoms. The first-order chi connectivity index (χ1) is 9.90. The number of hydrogen-bond acceptors (Lipinski definition) is 1. The molecule has 3 heteroatoms. The molecule has 0 heterocycles. The van der Waals surface area contributed by atoms with Gasteiger partial charge in [-0.3, -0.25) is 4.79 Å². The highest BCUT2D eigenvalue weighted by atomic mass is 127. The largest absolute Gasteiger partial charge is 0.294 e. The van der Waals surface area contributed by atoms with Crippen LogP contribution in [-0.4, -0.2) is 5.78 Å². The lowest BCUT2D eigenvalue weighted by Gasteiger charge is -2.14. The molecule has 0 saturated carbocycles. The van der Waals surface area contributed by atoms with Crippen LogP contribution >= 0.6 is 22.6 Å². The Kier molecular flexibility index (Phi) is 5.14. The normalized spacial score (nSPS) is 21.7. The van der Waals surface area contributed by atoms with E-state index in [1.165, 1.54) is 26.3 Å². The average Bonchev–Trinajstić information content (AvgIpc) is 2.45. The number of carbonyl (C=O) groups excluding carboxylic acids is 1. The summed E-state index contributed by atoms with van der Waals surface area (Å²) in [5, 5.41) is 0. The predicted molar refractivity (Wildman–Crippen MR) is 93.8 cm³/mol. The van der Waals surface area contributed by atoms with Gasteiger partial charge in [-0.15, -0.1) is 0 Å². The highest BCUT2D eigenvalue weighted by molar-refractivity contribution is 14.1. The minimum Gasteiger partial charge on any atom is -0.294 e. The van der Waals surface area contributed by atoms with E-state index in [9.17, 15) is 9.18 Å². The zero-order chi connectivity index (χ0) is 15.6. The molecule has 1 nitrogen and oxygen atoms in total. The summed E-state index contributed by atoms with van der Waals surface area (Å²) in [5.74, 6) is -0.727. The number of benzene rings is 1. The van der Waals surface area contributed by atoms with Crippen molar-refractivity contribution >= 4 is 33.9 Å². The first-order valence-electron chi connectivity index (χ1n) is 6.96. The Morgan fingerprint density at radius 1 is 1.14 bits per heavy atom. The first kappa shape index (κ1) is 16.1. The summed E-state index contributed by atoms with van der Waals surface area (Å²) in [7, 11) is 0. The van der Waals surface area contributed by atoms with E-state index >= 15 is 0 Å². The lowest BCUT2D eigenvalue weighted by atomic mass is 9.92. The zero-order valence-electron chi connectivity index (χ0n) is 12.3. The predicted octanol–water partition coefficient (Wildman–Crippen LogP) is 5.45. The third-order valence-corrected chi connectivity index (χ3v) is 4.35. The van der Waals surface area contributed by atoms with E-state index < -0.39 is 5.83 Å². The lowest BCUT2D eigenvalue weighted by Crippen LogP contribution is -2.01. The highest BCUT2D eigenvalue weighted by Gasteiger charge is 2.16. The lowest BCUT2D eigenvalue weighted by molar-refractivity contribution is -0.115. The molecule has 0 bridgehead atoms. The molecule has 0 saturated heterocycles. The van der Waals surface area contributed by atoms with Crippen molar-refractivity contribution in [3.63, 3.8) is 0 Å². The highest BCUT2D eigenvalue weighted by Crippen LogP contribution is 2.31. The van der Waals surface area contributed by atoms with Gasteiger partial charge in [0.05, 0.1) is 0 Å². The van der Waals surface area contributed by atoms with Crippen LogP contribution in [0.1, 0.15) is 36.0 Å². The van der Waals surface area contributed by atoms with Crippen molar-refractivity contribution in [3.8, 4) is 0 Å². The van der Waals surface area contributed by atoms with Gasteiger partial charge in [-0.2, -0.15) is 0 Å². The van der Waals surface area contributed by atoms with Crippen molar-refractivity contribution in [1.82, 2.24) is 0 Å². The summed E-state index contributed by atoms with van der Waals surface area (Å²) in [5.41, 5.74) is 4.61. The van der Waals surface area contributed by atoms with Gasteiger partial charge in [0.25, 0.3) is 0 Å². The molecule has 1 aliphatic rings. The smallest absolute Gasteiger partial charge is 0.165 e. The number of allylic oxidation sites excluding steroid dienone is 5. The summed E-state index contributed by atoms with van der Waals surface area (Å²) in [6.45, 7) is 7.68. The van der Waals surface area contributed by atoms with Crippen LogP contribution in [0.4, 0.5) is 4.39 Å². The van der Waals surface area contributed by atoms with Gasteiger partial charge in [0.15, 0.2) is 5.78 Å². The van der Waals surface area contributed by atoms with Gasteiger partial charge in [0.2, 0.25) is 0 Å². The molecule has 0 spiro atoms. The van der Waals surface area contributed by atoms with Crippen molar-refractivity contribution in [1.29, 1.82) is 0 Å². The van der Waals surface area contributed by atoms with E-state index in [1.807, 2.05) is 0 Å². The molecule has 2 rings (SSSR count). The molecule has 0 N–H and O–H groups in total. The molecular weight excluding hydrogens is 378 g/mol. The van der Waals surface area contributed by atoms with Crippen molar-refractivity contribution in [2.24, 2.45) is 0 Å². The zero-order valence-corrected chi connectivity index (χ0v) is 14.5. The molecule has 1 aromatic carbocycles. The summed E-state index contributed by atoms with van der Waals surface area (Å²) in [4.78, 5) is 11.7. The van der Waals surface area contributed by atoms with E-state index in [1.54, 1.807) is 6.08 Å². The Morgan fingerprint density at radius 2 is 1.76 bits per heavy atom. The number of rotatable bonds is 1. The van der Waals surface area contributed by atoms with E-state index in [0.29, 0.717) is 6.42 Å². The monoisotopic (exact) mass is 396 g/mol. The minimum absolute atomic E-state index is 0.0106. The number of carbonyl (C=O) groups is 1.